The molecule has 1 aliphatic rings. The van der Waals surface area contributed by atoms with Crippen LogP contribution in [0, 0.1) is 0 Å². The minimum atomic E-state index is -0.328. The van der Waals surface area contributed by atoms with E-state index in [0.717, 1.165) is 11.1 Å². The first-order valence-electron chi connectivity index (χ1n) is 9.16. The third kappa shape index (κ3) is 7.69. The lowest BCUT2D eigenvalue weighted by atomic mass is 9.94. The van der Waals surface area contributed by atoms with Gasteiger partial charge in [-0.2, -0.15) is 0 Å². The zero-order valence-corrected chi connectivity index (χ0v) is 18.4. The topological polar surface area (TPSA) is 64.6 Å². The average molecular weight is 438 g/mol. The van der Waals surface area contributed by atoms with Crippen molar-refractivity contribution in [1.82, 2.24) is 5.32 Å². The molecule has 1 N–H and O–H groups in total. The van der Waals surface area contributed by atoms with Crippen molar-refractivity contribution in [3.8, 4) is 0 Å². The molecule has 2 atom stereocenters. The Morgan fingerprint density at radius 2 is 1.72 bits per heavy atom. The van der Waals surface area contributed by atoms with Crippen molar-refractivity contribution in [2.45, 2.75) is 45.4 Å². The quantitative estimate of drug-likeness (QED) is 0.649. The Morgan fingerprint density at radius 1 is 1.07 bits per heavy atom. The van der Waals surface area contributed by atoms with Crippen molar-refractivity contribution in [2.75, 3.05) is 6.61 Å². The van der Waals surface area contributed by atoms with Gasteiger partial charge in [0, 0.05) is 17.0 Å². The van der Waals surface area contributed by atoms with E-state index in [1.807, 2.05) is 57.2 Å². The van der Waals surface area contributed by atoms with Gasteiger partial charge in [-0.15, -0.1) is 0 Å². The molecule has 0 saturated carbocycles. The monoisotopic (exact) mass is 437 g/mol. The van der Waals surface area contributed by atoms with Crippen LogP contribution in [0.5, 0.6) is 0 Å². The van der Waals surface area contributed by atoms with Crippen LogP contribution in [0.3, 0.4) is 0 Å². The summed E-state index contributed by atoms with van der Waals surface area (Å²) in [5, 5.41) is 4.27. The molecular weight excluding hydrogens is 413 g/mol. The summed E-state index contributed by atoms with van der Waals surface area (Å²) in [7, 11) is 0. The molecule has 7 heteroatoms. The fraction of sp³-hybridized carbons (Fsp3) is 0.364. The van der Waals surface area contributed by atoms with Gasteiger partial charge in [-0.3, -0.25) is 9.59 Å². The highest BCUT2D eigenvalue weighted by atomic mass is 35.5. The predicted molar refractivity (Wildman–Crippen MR) is 114 cm³/mol. The van der Waals surface area contributed by atoms with Crippen molar-refractivity contribution in [3.63, 3.8) is 0 Å². The number of rotatable bonds is 2. The lowest BCUT2D eigenvalue weighted by Crippen LogP contribution is -2.41. The molecule has 1 saturated heterocycles. The van der Waals surface area contributed by atoms with E-state index in [1.54, 1.807) is 12.1 Å². The normalized spacial score (nSPS) is 18.9. The summed E-state index contributed by atoms with van der Waals surface area (Å²) in [5.41, 5.74) is 1.55. The third-order valence-corrected chi connectivity index (χ3v) is 4.36. The Labute approximate surface area is 181 Å². The average Bonchev–Trinajstić information content (AvgIpc) is 2.60. The van der Waals surface area contributed by atoms with E-state index in [-0.39, 0.29) is 36.2 Å². The van der Waals surface area contributed by atoms with Crippen LogP contribution in [-0.2, 0) is 19.1 Å². The molecule has 5 nitrogen and oxygen atoms in total. The second-order valence-corrected chi connectivity index (χ2v) is 8.46. The molecule has 0 bridgehead atoms. The van der Waals surface area contributed by atoms with E-state index in [0.29, 0.717) is 10.0 Å². The molecule has 0 unspecified atom stereocenters. The summed E-state index contributed by atoms with van der Waals surface area (Å²) in [4.78, 5) is 21.9. The Morgan fingerprint density at radius 3 is 2.24 bits per heavy atom. The largest absolute Gasteiger partial charge is 0.460 e. The number of nitrogens with one attached hydrogen (secondary N) is 1. The van der Waals surface area contributed by atoms with E-state index in [4.69, 9.17) is 32.7 Å². The van der Waals surface area contributed by atoms with Gasteiger partial charge in [0.05, 0.1) is 6.04 Å². The van der Waals surface area contributed by atoms with Crippen LogP contribution in [-0.4, -0.2) is 24.1 Å². The molecule has 1 amide bonds. The van der Waals surface area contributed by atoms with Crippen LogP contribution < -0.4 is 5.32 Å². The Bertz CT molecular complexity index is 847. The fourth-order valence-electron chi connectivity index (χ4n) is 2.88. The van der Waals surface area contributed by atoms with Gasteiger partial charge in [0.25, 0.3) is 0 Å². The van der Waals surface area contributed by atoms with Gasteiger partial charge in [0.2, 0.25) is 5.91 Å². The molecule has 0 spiro atoms. The van der Waals surface area contributed by atoms with Gasteiger partial charge >= 0.3 is 5.97 Å². The first-order valence-corrected chi connectivity index (χ1v) is 9.92. The van der Waals surface area contributed by atoms with E-state index >= 15 is 0 Å². The second kappa shape index (κ2) is 10.1. The molecule has 0 aromatic heterocycles. The van der Waals surface area contributed by atoms with Crippen LogP contribution >= 0.6 is 23.2 Å². The minimum Gasteiger partial charge on any atom is -0.460 e. The number of benzene rings is 2. The lowest BCUT2D eigenvalue weighted by molar-refractivity contribution is -0.151. The molecular formula is C22H25Cl2NO4. The highest BCUT2D eigenvalue weighted by Crippen LogP contribution is 2.35. The van der Waals surface area contributed by atoms with Crippen molar-refractivity contribution < 1.29 is 19.1 Å². The highest BCUT2D eigenvalue weighted by molar-refractivity contribution is 6.30. The number of halogens is 2. The Balaban J connectivity index is 0.000000321. The van der Waals surface area contributed by atoms with Crippen molar-refractivity contribution in [3.05, 3.63) is 69.7 Å². The van der Waals surface area contributed by atoms with Gasteiger partial charge in [-0.25, -0.2) is 0 Å². The number of morpholine rings is 1. The van der Waals surface area contributed by atoms with Gasteiger partial charge in [-0.05, 0) is 56.2 Å². The summed E-state index contributed by atoms with van der Waals surface area (Å²) in [5.74, 6) is -0.356. The second-order valence-electron chi connectivity index (χ2n) is 7.59. The molecule has 29 heavy (non-hydrogen) atoms. The van der Waals surface area contributed by atoms with Gasteiger partial charge in [-0.1, -0.05) is 47.5 Å². The summed E-state index contributed by atoms with van der Waals surface area (Å²) in [6.45, 7) is 6.98. The molecule has 1 aliphatic heterocycles. The molecule has 2 aromatic rings. The Hall–Kier alpha value is -2.08. The van der Waals surface area contributed by atoms with Crippen molar-refractivity contribution in [2.24, 2.45) is 0 Å². The maximum Gasteiger partial charge on any atom is 0.303 e. The smallest absolute Gasteiger partial charge is 0.303 e. The van der Waals surface area contributed by atoms with Crippen LogP contribution in [0.1, 0.15) is 51.0 Å². The summed E-state index contributed by atoms with van der Waals surface area (Å²) < 4.78 is 10.5. The summed E-state index contributed by atoms with van der Waals surface area (Å²) >= 11 is 12.0. The highest BCUT2D eigenvalue weighted by Gasteiger charge is 2.32. The molecule has 1 fully saturated rings. The number of carbonyl (C=O) groups excluding carboxylic acids is 2. The van der Waals surface area contributed by atoms with Gasteiger partial charge < -0.3 is 14.8 Å². The Kier molecular flexibility index (Phi) is 8.08. The maximum absolute atomic E-state index is 11.7. The standard InChI is InChI=1S/C16H13Cl2NO2.C6H12O2/c17-12-6-4-10(5-7-12)15-16(21-9-14(20)19-15)11-2-1-3-13(18)8-11;1-5(7)8-6(2,3)4/h1-8,15-16H,9H2,(H,19,20);1-4H3/t15-,16+;/m1./s1. The third-order valence-electron chi connectivity index (χ3n) is 3.87. The maximum atomic E-state index is 11.7. The van der Waals surface area contributed by atoms with Crippen LogP contribution in [0.2, 0.25) is 10.0 Å². The number of amides is 1. The molecule has 0 radical (unpaired) electrons. The molecule has 2 aromatic carbocycles. The van der Waals surface area contributed by atoms with Crippen molar-refractivity contribution >= 4 is 35.1 Å². The van der Waals surface area contributed by atoms with Gasteiger partial charge in [0.15, 0.2) is 0 Å². The number of hydrogen-bond acceptors (Lipinski definition) is 4. The SMILES string of the molecule is CC(=O)OC(C)(C)C.O=C1CO[C@@H](c2cccc(Cl)c2)[C@@H](c2ccc(Cl)cc2)N1. The van der Waals surface area contributed by atoms with E-state index in [1.165, 1.54) is 6.92 Å². The van der Waals surface area contributed by atoms with E-state index in [2.05, 4.69) is 5.32 Å². The van der Waals surface area contributed by atoms with Crippen LogP contribution in [0.4, 0.5) is 0 Å². The number of carbonyl (C=O) groups is 2. The summed E-state index contributed by atoms with van der Waals surface area (Å²) in [6.07, 6.45) is -0.275. The number of esters is 1. The molecule has 1 heterocycles. The molecule has 156 valence electrons. The number of ether oxygens (including phenoxy) is 2. The fourth-order valence-corrected chi connectivity index (χ4v) is 3.21. The number of hydrogen-bond donors (Lipinski definition) is 1. The van der Waals surface area contributed by atoms with E-state index in [9.17, 15) is 9.59 Å². The zero-order valence-electron chi connectivity index (χ0n) is 16.9. The first kappa shape index (κ1) is 23.2. The zero-order chi connectivity index (χ0) is 21.6. The summed E-state index contributed by atoms with van der Waals surface area (Å²) in [6, 6.07) is 14.6. The first-order chi connectivity index (χ1) is 13.5. The minimum absolute atomic E-state index is 0.0429. The van der Waals surface area contributed by atoms with Gasteiger partial charge in [0.1, 0.15) is 18.3 Å². The molecule has 0 aliphatic carbocycles. The predicted octanol–water partition coefficient (Wildman–Crippen LogP) is 5.27. The van der Waals surface area contributed by atoms with E-state index < -0.39 is 0 Å². The van der Waals surface area contributed by atoms with Crippen LogP contribution in [0.15, 0.2) is 48.5 Å². The van der Waals surface area contributed by atoms with Crippen LogP contribution in [0.25, 0.3) is 0 Å². The lowest BCUT2D eigenvalue weighted by Gasteiger charge is -2.33. The van der Waals surface area contributed by atoms with Crippen molar-refractivity contribution in [1.29, 1.82) is 0 Å². The molecule has 3 rings (SSSR count).